The lowest BCUT2D eigenvalue weighted by Crippen LogP contribution is -2.61. The molecule has 3 aromatic rings. The first kappa shape index (κ1) is 23.3. The third kappa shape index (κ3) is 4.50. The van der Waals surface area contributed by atoms with Gasteiger partial charge in [-0.3, -0.25) is 0 Å². The summed E-state index contributed by atoms with van der Waals surface area (Å²) in [6, 6.07) is 3.82. The molecule has 0 aliphatic carbocycles. The molecule has 1 aliphatic rings. The van der Waals surface area contributed by atoms with Crippen molar-refractivity contribution in [2.45, 2.75) is 6.92 Å². The SMILES string of the molecule is Cc1c(F)cc(B2OB(c3cc(F)c(F)c(F)c3)OB(c3cc(F)c(F)c(F)c3)O2)cc1F. The predicted molar refractivity (Wildman–Crippen MR) is 103 cm³/mol. The first-order valence-electron chi connectivity index (χ1n) is 9.26. The molecule has 0 N–H and O–H groups in total. The second-order valence-electron chi connectivity index (χ2n) is 7.11. The molecule has 0 unspecified atom stereocenters. The van der Waals surface area contributed by atoms with Gasteiger partial charge in [-0.15, -0.1) is 0 Å². The van der Waals surface area contributed by atoms with Crippen molar-refractivity contribution in [2.75, 3.05) is 0 Å². The molecule has 168 valence electrons. The van der Waals surface area contributed by atoms with Gasteiger partial charge in [-0.25, -0.2) is 35.1 Å². The van der Waals surface area contributed by atoms with E-state index in [1.807, 2.05) is 0 Å². The average Bonchev–Trinajstić information content (AvgIpc) is 2.78. The molecule has 0 radical (unpaired) electrons. The Morgan fingerprint density at radius 2 is 0.697 bits per heavy atom. The molecule has 0 spiro atoms. The van der Waals surface area contributed by atoms with Gasteiger partial charge < -0.3 is 13.7 Å². The highest BCUT2D eigenvalue weighted by Crippen LogP contribution is 2.17. The van der Waals surface area contributed by atoms with E-state index in [1.54, 1.807) is 0 Å². The highest BCUT2D eigenvalue weighted by Gasteiger charge is 2.45. The van der Waals surface area contributed by atoms with E-state index in [4.69, 9.17) is 13.7 Å². The molecule has 0 amide bonds. The summed E-state index contributed by atoms with van der Waals surface area (Å²) in [5.74, 6) is -11.9. The molecule has 0 atom stereocenters. The highest BCUT2D eigenvalue weighted by atomic mass is 19.2. The molecule has 4 rings (SSSR count). The molecule has 0 aromatic heterocycles. The van der Waals surface area contributed by atoms with Crippen molar-refractivity contribution >= 4 is 37.7 Å². The maximum atomic E-state index is 14.1. The fourth-order valence-corrected chi connectivity index (χ4v) is 3.13. The van der Waals surface area contributed by atoms with Crippen LogP contribution in [0, 0.1) is 53.5 Å². The Bertz CT molecular complexity index is 1020. The van der Waals surface area contributed by atoms with Crippen molar-refractivity contribution in [3.05, 3.63) is 88.5 Å². The smallest absolute Gasteiger partial charge is 0.445 e. The summed E-state index contributed by atoms with van der Waals surface area (Å²) in [7, 11) is -5.17. The van der Waals surface area contributed by atoms with Gasteiger partial charge in [0.15, 0.2) is 34.9 Å². The number of halogens is 8. The monoisotopic (exact) mass is 470 g/mol. The molecule has 1 heterocycles. The lowest BCUT2D eigenvalue weighted by Gasteiger charge is -2.31. The first-order chi connectivity index (χ1) is 15.5. The molecular weight excluding hydrogens is 461 g/mol. The average molecular weight is 470 g/mol. The van der Waals surface area contributed by atoms with Crippen LogP contribution in [0.3, 0.4) is 0 Å². The second kappa shape index (κ2) is 8.84. The van der Waals surface area contributed by atoms with Gasteiger partial charge in [0, 0.05) is 5.56 Å². The van der Waals surface area contributed by atoms with Gasteiger partial charge in [-0.2, -0.15) is 0 Å². The largest absolute Gasteiger partial charge is 0.467 e. The Labute approximate surface area is 182 Å². The molecule has 1 saturated heterocycles. The van der Waals surface area contributed by atoms with E-state index in [0.29, 0.717) is 24.3 Å². The van der Waals surface area contributed by atoms with E-state index < -0.39 is 78.8 Å². The van der Waals surface area contributed by atoms with Crippen LogP contribution in [-0.4, -0.2) is 21.4 Å². The summed E-state index contributed by atoms with van der Waals surface area (Å²) in [5, 5.41) is 0. The van der Waals surface area contributed by atoms with Crippen LogP contribution >= 0.6 is 0 Å². The highest BCUT2D eigenvalue weighted by molar-refractivity contribution is 6.87. The van der Waals surface area contributed by atoms with Crippen LogP contribution in [0.4, 0.5) is 35.1 Å². The van der Waals surface area contributed by atoms with Crippen LogP contribution in [-0.2, 0) is 13.7 Å². The fraction of sp³-hybridized carbons (Fsp3) is 0.0526. The minimum absolute atomic E-state index is 0.250. The molecule has 3 aromatic carbocycles. The molecule has 0 bridgehead atoms. The minimum atomic E-state index is -1.77. The Hall–Kier alpha value is -2.83. The van der Waals surface area contributed by atoms with Crippen LogP contribution in [0.25, 0.3) is 0 Å². The standard InChI is InChI=1S/C19H9B3F8O3/c1-8-12(23)2-9(3-13(8)24)20-31-21(10-4-14(25)18(29)15(26)5-10)33-22(32-20)11-6-16(27)19(30)17(28)7-11/h2-7H,1H3. The van der Waals surface area contributed by atoms with E-state index in [0.717, 1.165) is 12.1 Å². The molecule has 14 heteroatoms. The van der Waals surface area contributed by atoms with Crippen LogP contribution in [0.1, 0.15) is 5.56 Å². The minimum Gasteiger partial charge on any atom is -0.445 e. The molecule has 1 aliphatic heterocycles. The quantitative estimate of drug-likeness (QED) is 0.335. The molecule has 3 nitrogen and oxygen atoms in total. The van der Waals surface area contributed by atoms with Gasteiger partial charge in [0.05, 0.1) is 0 Å². The van der Waals surface area contributed by atoms with Gasteiger partial charge in [-0.1, -0.05) is 0 Å². The third-order valence-electron chi connectivity index (χ3n) is 4.87. The molecule has 1 fully saturated rings. The van der Waals surface area contributed by atoms with E-state index in [-0.39, 0.29) is 11.0 Å². The van der Waals surface area contributed by atoms with E-state index >= 15 is 0 Å². The van der Waals surface area contributed by atoms with Crippen molar-refractivity contribution in [3.8, 4) is 0 Å². The van der Waals surface area contributed by atoms with Gasteiger partial charge >= 0.3 is 21.4 Å². The van der Waals surface area contributed by atoms with Crippen LogP contribution in [0.5, 0.6) is 0 Å². The lowest BCUT2D eigenvalue weighted by atomic mass is 9.61. The zero-order valence-corrected chi connectivity index (χ0v) is 16.4. The normalized spacial score (nSPS) is 14.3. The lowest BCUT2D eigenvalue weighted by molar-refractivity contribution is 0.307. The van der Waals surface area contributed by atoms with Crippen LogP contribution in [0.2, 0.25) is 0 Å². The van der Waals surface area contributed by atoms with Crippen molar-refractivity contribution in [3.63, 3.8) is 0 Å². The fourth-order valence-electron chi connectivity index (χ4n) is 3.13. The van der Waals surface area contributed by atoms with E-state index in [2.05, 4.69) is 0 Å². The zero-order valence-electron chi connectivity index (χ0n) is 16.4. The second-order valence-corrected chi connectivity index (χ2v) is 7.11. The summed E-state index contributed by atoms with van der Waals surface area (Å²) in [6.07, 6.45) is 0. The Kier molecular flexibility index (Phi) is 6.25. The Balaban J connectivity index is 1.78. The molecule has 33 heavy (non-hydrogen) atoms. The number of benzene rings is 3. The van der Waals surface area contributed by atoms with Gasteiger partial charge in [0.25, 0.3) is 0 Å². The summed E-state index contributed by atoms with van der Waals surface area (Å²) in [5.41, 5.74) is -1.40. The topological polar surface area (TPSA) is 27.7 Å². The summed E-state index contributed by atoms with van der Waals surface area (Å²) in [4.78, 5) is 0. The number of hydrogen-bond donors (Lipinski definition) is 0. The van der Waals surface area contributed by atoms with Crippen LogP contribution < -0.4 is 16.4 Å². The van der Waals surface area contributed by atoms with E-state index in [9.17, 15) is 35.1 Å². The van der Waals surface area contributed by atoms with Gasteiger partial charge in [0.1, 0.15) is 11.6 Å². The first-order valence-corrected chi connectivity index (χ1v) is 9.26. The van der Waals surface area contributed by atoms with Crippen molar-refractivity contribution < 1.29 is 48.8 Å². The predicted octanol–water partition coefficient (Wildman–Crippen LogP) is 2.66. The maximum absolute atomic E-state index is 14.1. The van der Waals surface area contributed by atoms with Gasteiger partial charge in [-0.05, 0) is 59.7 Å². The summed E-state index contributed by atoms with van der Waals surface area (Å²) in [6.45, 7) is 1.17. The van der Waals surface area contributed by atoms with Crippen molar-refractivity contribution in [1.29, 1.82) is 0 Å². The summed E-state index contributed by atoms with van der Waals surface area (Å²) >= 11 is 0. The summed E-state index contributed by atoms with van der Waals surface area (Å²) < 4.78 is 126. The number of rotatable bonds is 3. The third-order valence-corrected chi connectivity index (χ3v) is 4.87. The Morgan fingerprint density at radius 3 is 0.970 bits per heavy atom. The molecular formula is C19H9B3F8O3. The van der Waals surface area contributed by atoms with Gasteiger partial charge in [0.2, 0.25) is 0 Å². The number of hydrogen-bond acceptors (Lipinski definition) is 3. The van der Waals surface area contributed by atoms with Crippen LogP contribution in [0.15, 0.2) is 36.4 Å². The zero-order chi connectivity index (χ0) is 24.0. The van der Waals surface area contributed by atoms with Crippen molar-refractivity contribution in [2.24, 2.45) is 0 Å². The maximum Gasteiger partial charge on any atom is 0.467 e. The molecule has 0 saturated carbocycles. The van der Waals surface area contributed by atoms with E-state index in [1.165, 1.54) is 6.92 Å². The Morgan fingerprint density at radius 1 is 0.455 bits per heavy atom. The van der Waals surface area contributed by atoms with Crippen molar-refractivity contribution in [1.82, 2.24) is 0 Å².